The third kappa shape index (κ3) is 3.73. The van der Waals surface area contributed by atoms with Crippen molar-refractivity contribution in [2.45, 2.75) is 30.7 Å². The average Bonchev–Trinajstić information content (AvgIpc) is 2.46. The molecule has 0 aromatic heterocycles. The van der Waals surface area contributed by atoms with E-state index in [1.54, 1.807) is 24.3 Å². The molecule has 0 amide bonds. The molecular weight excluding hydrogens is 321 g/mol. The van der Waals surface area contributed by atoms with Crippen LogP contribution < -0.4 is 4.74 Å². The van der Waals surface area contributed by atoms with Crippen molar-refractivity contribution >= 4 is 10.1 Å². The highest BCUT2D eigenvalue weighted by Gasteiger charge is 2.48. The lowest BCUT2D eigenvalue weighted by atomic mass is 9.88. The van der Waals surface area contributed by atoms with E-state index in [0.29, 0.717) is 18.6 Å². The fourth-order valence-electron chi connectivity index (χ4n) is 2.26. The summed E-state index contributed by atoms with van der Waals surface area (Å²) in [4.78, 5) is 0. The largest absolute Gasteiger partial charge is 0.534 e. The molecule has 1 unspecified atom stereocenters. The van der Waals surface area contributed by atoms with Gasteiger partial charge in [-0.05, 0) is 36.6 Å². The first-order valence-electron chi connectivity index (χ1n) is 6.58. The van der Waals surface area contributed by atoms with Gasteiger partial charge in [-0.2, -0.15) is 21.6 Å². The summed E-state index contributed by atoms with van der Waals surface area (Å²) in [7, 11) is -4.07. The number of benzene rings is 1. The summed E-state index contributed by atoms with van der Waals surface area (Å²) >= 11 is 0. The van der Waals surface area contributed by atoms with Crippen LogP contribution in [0.15, 0.2) is 36.1 Å². The predicted molar refractivity (Wildman–Crippen MR) is 73.7 cm³/mol. The van der Waals surface area contributed by atoms with Gasteiger partial charge < -0.3 is 8.92 Å². The quantitative estimate of drug-likeness (QED) is 0.621. The van der Waals surface area contributed by atoms with Gasteiger partial charge in [0.15, 0.2) is 0 Å². The Kier molecular flexibility index (Phi) is 4.69. The highest BCUT2D eigenvalue weighted by Crippen LogP contribution is 2.35. The number of rotatable bonds is 4. The maximum absolute atomic E-state index is 12.3. The van der Waals surface area contributed by atoms with Crippen LogP contribution in [-0.4, -0.2) is 21.0 Å². The van der Waals surface area contributed by atoms with Gasteiger partial charge in [-0.3, -0.25) is 0 Å². The summed E-state index contributed by atoms with van der Waals surface area (Å²) in [6.07, 6.45) is 2.87. The molecule has 22 heavy (non-hydrogen) atoms. The van der Waals surface area contributed by atoms with Gasteiger partial charge in [-0.25, -0.2) is 0 Å². The summed E-state index contributed by atoms with van der Waals surface area (Å²) in [5.41, 5.74) is -4.55. The molecule has 0 aliphatic heterocycles. The molecule has 1 aromatic rings. The van der Waals surface area contributed by atoms with Crippen molar-refractivity contribution in [1.82, 2.24) is 0 Å². The van der Waals surface area contributed by atoms with Gasteiger partial charge in [-0.15, -0.1) is 0 Å². The standard InChI is InChI=1S/C14H15F3O4S/c1-20-12-7-5-10(6-8-12)11-3-2-4-13(9-11)21-22(18,19)14(15,16)17/h5-9,11H,2-4H2,1H3. The molecule has 0 bridgehead atoms. The molecule has 0 saturated heterocycles. The minimum atomic E-state index is -5.60. The van der Waals surface area contributed by atoms with E-state index in [1.165, 1.54) is 13.2 Å². The fourth-order valence-corrected chi connectivity index (χ4v) is 2.77. The van der Waals surface area contributed by atoms with Crippen molar-refractivity contribution in [2.24, 2.45) is 0 Å². The second kappa shape index (κ2) is 6.20. The van der Waals surface area contributed by atoms with Gasteiger partial charge in [0.2, 0.25) is 0 Å². The number of halogens is 3. The molecule has 122 valence electrons. The van der Waals surface area contributed by atoms with Crippen LogP contribution in [0.1, 0.15) is 30.7 Å². The van der Waals surface area contributed by atoms with Crippen LogP contribution in [-0.2, 0) is 14.3 Å². The molecule has 0 N–H and O–H groups in total. The summed E-state index contributed by atoms with van der Waals surface area (Å²) in [6.45, 7) is 0. The molecule has 4 nitrogen and oxygen atoms in total. The maximum Gasteiger partial charge on any atom is 0.534 e. The Morgan fingerprint density at radius 3 is 2.36 bits per heavy atom. The molecule has 1 atom stereocenters. The second-order valence-electron chi connectivity index (χ2n) is 4.89. The zero-order valence-corrected chi connectivity index (χ0v) is 12.6. The zero-order chi connectivity index (χ0) is 16.4. The Balaban J connectivity index is 2.18. The smallest absolute Gasteiger partial charge is 0.497 e. The molecule has 0 fully saturated rings. The number of hydrogen-bond acceptors (Lipinski definition) is 4. The predicted octanol–water partition coefficient (Wildman–Crippen LogP) is 3.71. The summed E-state index contributed by atoms with van der Waals surface area (Å²) in [6, 6.07) is 7.07. The van der Waals surface area contributed by atoms with Crippen LogP contribution in [0.25, 0.3) is 0 Å². The van der Waals surface area contributed by atoms with E-state index in [2.05, 4.69) is 4.18 Å². The number of methoxy groups -OCH3 is 1. The molecule has 1 aromatic carbocycles. The van der Waals surface area contributed by atoms with Crippen molar-refractivity contribution in [3.63, 3.8) is 0 Å². The molecule has 2 rings (SSSR count). The van der Waals surface area contributed by atoms with Crippen LogP contribution in [0.5, 0.6) is 5.75 Å². The molecule has 0 heterocycles. The molecule has 0 radical (unpaired) electrons. The van der Waals surface area contributed by atoms with Crippen LogP contribution in [0.2, 0.25) is 0 Å². The number of allylic oxidation sites excluding steroid dienone is 2. The minimum Gasteiger partial charge on any atom is -0.497 e. The summed E-state index contributed by atoms with van der Waals surface area (Å²) in [5.74, 6) is 0.321. The molecular formula is C14H15F3O4S. The van der Waals surface area contributed by atoms with E-state index in [-0.39, 0.29) is 18.1 Å². The second-order valence-corrected chi connectivity index (χ2v) is 6.43. The van der Waals surface area contributed by atoms with Gasteiger partial charge in [0.1, 0.15) is 11.5 Å². The molecule has 0 spiro atoms. The molecule has 8 heteroatoms. The zero-order valence-electron chi connectivity index (χ0n) is 11.8. The van der Waals surface area contributed by atoms with Crippen LogP contribution in [0, 0.1) is 0 Å². The number of ether oxygens (including phenoxy) is 1. The highest BCUT2D eigenvalue weighted by molar-refractivity contribution is 7.87. The van der Waals surface area contributed by atoms with E-state index in [1.807, 2.05) is 0 Å². The van der Waals surface area contributed by atoms with E-state index in [9.17, 15) is 21.6 Å². The van der Waals surface area contributed by atoms with Crippen molar-refractivity contribution in [3.8, 4) is 5.75 Å². The van der Waals surface area contributed by atoms with Crippen molar-refractivity contribution in [1.29, 1.82) is 0 Å². The first kappa shape index (κ1) is 16.7. The Hall–Kier alpha value is -1.70. The Bertz CT molecular complexity index is 648. The van der Waals surface area contributed by atoms with Gasteiger partial charge in [0.05, 0.1) is 7.11 Å². The monoisotopic (exact) mass is 336 g/mol. The topological polar surface area (TPSA) is 52.6 Å². The van der Waals surface area contributed by atoms with Gasteiger partial charge in [-0.1, -0.05) is 12.1 Å². The van der Waals surface area contributed by atoms with Crippen LogP contribution >= 0.6 is 0 Å². The van der Waals surface area contributed by atoms with E-state index in [4.69, 9.17) is 4.74 Å². The Labute approximate surface area is 126 Å². The highest BCUT2D eigenvalue weighted by atomic mass is 32.2. The van der Waals surface area contributed by atoms with Gasteiger partial charge >= 0.3 is 15.6 Å². The average molecular weight is 336 g/mol. The lowest BCUT2D eigenvalue weighted by molar-refractivity contribution is -0.0524. The Morgan fingerprint density at radius 1 is 1.18 bits per heavy atom. The fraction of sp³-hybridized carbons (Fsp3) is 0.429. The van der Waals surface area contributed by atoms with Gasteiger partial charge in [0.25, 0.3) is 0 Å². The third-order valence-electron chi connectivity index (χ3n) is 3.37. The van der Waals surface area contributed by atoms with Crippen molar-refractivity contribution in [2.75, 3.05) is 7.11 Å². The van der Waals surface area contributed by atoms with E-state index < -0.39 is 15.6 Å². The number of hydrogen-bond donors (Lipinski definition) is 0. The lowest BCUT2D eigenvalue weighted by Gasteiger charge is -2.21. The summed E-state index contributed by atoms with van der Waals surface area (Å²) < 4.78 is 68.4. The van der Waals surface area contributed by atoms with Gasteiger partial charge in [0, 0.05) is 12.3 Å². The van der Waals surface area contributed by atoms with Crippen LogP contribution in [0.3, 0.4) is 0 Å². The molecule has 1 aliphatic rings. The van der Waals surface area contributed by atoms with Crippen molar-refractivity contribution < 1.29 is 30.5 Å². The lowest BCUT2D eigenvalue weighted by Crippen LogP contribution is -2.26. The minimum absolute atomic E-state index is 0.163. The SMILES string of the molecule is COc1ccc(C2C=C(OS(=O)(=O)C(F)(F)F)CCC2)cc1. The third-order valence-corrected chi connectivity index (χ3v) is 4.37. The first-order chi connectivity index (χ1) is 10.2. The van der Waals surface area contributed by atoms with Crippen molar-refractivity contribution in [3.05, 3.63) is 41.7 Å². The first-order valence-corrected chi connectivity index (χ1v) is 7.99. The maximum atomic E-state index is 12.3. The number of alkyl halides is 3. The molecule has 1 aliphatic carbocycles. The Morgan fingerprint density at radius 2 is 1.82 bits per heavy atom. The summed E-state index contributed by atoms with van der Waals surface area (Å²) in [5, 5.41) is 0. The van der Waals surface area contributed by atoms with E-state index >= 15 is 0 Å². The van der Waals surface area contributed by atoms with Crippen LogP contribution in [0.4, 0.5) is 13.2 Å². The normalized spacial score (nSPS) is 19.5. The molecule has 0 saturated carbocycles. The van der Waals surface area contributed by atoms with E-state index in [0.717, 1.165) is 5.56 Å².